The Morgan fingerprint density at radius 2 is 1.25 bits per heavy atom. The van der Waals surface area contributed by atoms with Crippen LogP contribution in [0.2, 0.25) is 0 Å². The molecule has 0 heterocycles. The van der Waals surface area contributed by atoms with Crippen LogP contribution in [0.5, 0.6) is 0 Å². The van der Waals surface area contributed by atoms with Crippen LogP contribution in [0.4, 0.5) is 4.79 Å². The van der Waals surface area contributed by atoms with E-state index in [1.165, 1.54) is 0 Å². The third-order valence-electron chi connectivity index (χ3n) is 0. The molecule has 6 nitrogen and oxygen atoms in total. The first-order valence-corrected chi connectivity index (χ1v) is 2.40. The fourth-order valence-corrected chi connectivity index (χ4v) is 0. The number of carboxylic acid groups (broad SMARTS) is 2. The molecule has 0 aliphatic heterocycles. The van der Waals surface area contributed by atoms with Gasteiger partial charge in [-0.1, -0.05) is 0 Å². The summed E-state index contributed by atoms with van der Waals surface area (Å²) in [6.45, 7) is 0. The largest absolute Gasteiger partial charge is 0.692 e. The van der Waals surface area contributed by atoms with Crippen molar-refractivity contribution in [3.63, 3.8) is 0 Å². The van der Waals surface area contributed by atoms with Crippen molar-refractivity contribution >= 4 is 14.4 Å². The van der Waals surface area contributed by atoms with Gasteiger partial charge in [-0.2, -0.15) is 0 Å². The average Bonchev–Trinajstić information content (AvgIpc) is 1.25. The van der Waals surface area contributed by atoms with Gasteiger partial charge in [-0.05, 0) is 0 Å². The second-order valence-corrected chi connectivity index (χ2v) is 1.04. The summed E-state index contributed by atoms with van der Waals surface area (Å²) in [4.78, 5) is 22.8. The summed E-state index contributed by atoms with van der Waals surface area (Å²) >= 11 is 0. The summed E-state index contributed by atoms with van der Waals surface area (Å²) in [6.07, 6.45) is -1.83. The molecule has 0 fully saturated rings. The highest BCUT2D eigenvalue weighted by Crippen LogP contribution is 1.98. The molecule has 0 aromatic heterocycles. The van der Waals surface area contributed by atoms with E-state index in [2.05, 4.69) is 0 Å². The molecule has 0 aliphatic rings. The van der Waals surface area contributed by atoms with Gasteiger partial charge < -0.3 is 10.2 Å². The summed E-state index contributed by atoms with van der Waals surface area (Å²) < 4.78 is 8.70. The van der Waals surface area contributed by atoms with E-state index in [4.69, 9.17) is 29.4 Å². The van der Waals surface area contributed by atoms with Gasteiger partial charge in [0.25, 0.3) is 0 Å². The Bertz CT molecular complexity index is 66.5. The number of rotatable bonds is 0. The maximum absolute atomic E-state index is 8.70. The molecular formula is CH4O6P+. The number of hydrogen-bond donors (Lipinski definition) is 4. The molecular weight excluding hydrogens is 139 g/mol. The van der Waals surface area contributed by atoms with E-state index in [1.54, 1.807) is 0 Å². The van der Waals surface area contributed by atoms with E-state index in [0.29, 0.717) is 0 Å². The third-order valence-corrected chi connectivity index (χ3v) is 0. The lowest BCUT2D eigenvalue weighted by Crippen LogP contribution is -1.81. The van der Waals surface area contributed by atoms with Crippen LogP contribution in [0.1, 0.15) is 0 Å². The minimum atomic E-state index is -2.87. The van der Waals surface area contributed by atoms with E-state index < -0.39 is 14.4 Å². The molecule has 0 rings (SSSR count). The Balaban J connectivity index is 0. The molecule has 0 saturated heterocycles. The topological polar surface area (TPSA) is 115 Å². The van der Waals surface area contributed by atoms with Gasteiger partial charge in [0.1, 0.15) is 0 Å². The second-order valence-electron chi connectivity index (χ2n) is 0.535. The molecule has 0 spiro atoms. The molecule has 0 atom stereocenters. The smallest absolute Gasteiger partial charge is 0.450 e. The first-order valence-electron chi connectivity index (χ1n) is 1.23. The zero-order chi connectivity index (χ0) is 7.15. The zero-order valence-corrected chi connectivity index (χ0v) is 4.45. The molecule has 48 valence electrons. The van der Waals surface area contributed by atoms with Gasteiger partial charge in [0.05, 0.1) is 0 Å². The predicted octanol–water partition coefficient (Wildman–Crippen LogP) is -0.149. The molecule has 4 N–H and O–H groups in total. The fraction of sp³-hybridized carbons (Fsp3) is 0. The van der Waals surface area contributed by atoms with Gasteiger partial charge in [-0.3, -0.25) is 0 Å². The normalized spacial score (nSPS) is 6.25. The molecule has 0 aliphatic carbocycles. The lowest BCUT2D eigenvalue weighted by Gasteiger charge is -1.60. The third kappa shape index (κ3) is 193. The second kappa shape index (κ2) is 6.29. The summed E-state index contributed by atoms with van der Waals surface area (Å²) in [5.41, 5.74) is 0. The molecule has 0 amide bonds. The van der Waals surface area contributed by atoms with Crippen LogP contribution in [-0.2, 0) is 4.57 Å². The van der Waals surface area contributed by atoms with E-state index in [-0.39, 0.29) is 0 Å². The van der Waals surface area contributed by atoms with E-state index in [9.17, 15) is 0 Å². The van der Waals surface area contributed by atoms with E-state index in [0.717, 1.165) is 0 Å². The molecule has 0 bridgehead atoms. The van der Waals surface area contributed by atoms with Crippen molar-refractivity contribution in [1.82, 2.24) is 0 Å². The molecule has 8 heavy (non-hydrogen) atoms. The van der Waals surface area contributed by atoms with Crippen molar-refractivity contribution in [2.75, 3.05) is 0 Å². The summed E-state index contributed by atoms with van der Waals surface area (Å²) in [5.74, 6) is 0. The van der Waals surface area contributed by atoms with Crippen LogP contribution in [-0.4, -0.2) is 26.2 Å². The van der Waals surface area contributed by atoms with Crippen molar-refractivity contribution in [2.24, 2.45) is 0 Å². The first kappa shape index (κ1) is 10.3. The zero-order valence-electron chi connectivity index (χ0n) is 3.55. The van der Waals surface area contributed by atoms with E-state index >= 15 is 0 Å². The highest BCUT2D eigenvalue weighted by molar-refractivity contribution is 7.30. The van der Waals surface area contributed by atoms with Crippen LogP contribution < -0.4 is 0 Å². The van der Waals surface area contributed by atoms with Crippen LogP contribution in [0.15, 0.2) is 0 Å². The highest BCUT2D eigenvalue weighted by atomic mass is 31.1. The Labute approximate surface area is 45.0 Å². The Kier molecular flexibility index (Phi) is 8.10. The van der Waals surface area contributed by atoms with Crippen LogP contribution in [0.3, 0.4) is 0 Å². The Hall–Kier alpha value is -0.710. The van der Waals surface area contributed by atoms with Crippen LogP contribution >= 0.6 is 8.25 Å². The average molecular weight is 143 g/mol. The van der Waals surface area contributed by atoms with Crippen LogP contribution in [0.25, 0.3) is 0 Å². The molecule has 0 aromatic rings. The van der Waals surface area contributed by atoms with Gasteiger partial charge >= 0.3 is 14.4 Å². The minimum absolute atomic E-state index is 1.83. The lowest BCUT2D eigenvalue weighted by molar-refractivity contribution is 0.137. The van der Waals surface area contributed by atoms with Crippen LogP contribution in [0, 0.1) is 0 Å². The quantitative estimate of drug-likeness (QED) is 0.350. The maximum Gasteiger partial charge on any atom is 0.692 e. The van der Waals surface area contributed by atoms with Gasteiger partial charge in [0.2, 0.25) is 0 Å². The molecule has 0 radical (unpaired) electrons. The SMILES string of the molecule is O=C(O)O.O=[P+](O)O. The van der Waals surface area contributed by atoms with Crippen molar-refractivity contribution in [3.05, 3.63) is 0 Å². The standard InChI is InChI=1S/CH2O3.HO3P/c2-1(3)4;1-4(2)3/h(H2,2,3,4);(H-,1,2,3)/p+1. The van der Waals surface area contributed by atoms with Crippen molar-refractivity contribution in [3.8, 4) is 0 Å². The van der Waals surface area contributed by atoms with E-state index in [1.807, 2.05) is 0 Å². The molecule has 7 heteroatoms. The lowest BCUT2D eigenvalue weighted by atomic mass is 11.5. The van der Waals surface area contributed by atoms with Crippen molar-refractivity contribution < 1.29 is 29.4 Å². The molecule has 0 saturated carbocycles. The Morgan fingerprint density at radius 1 is 1.25 bits per heavy atom. The fourth-order valence-electron chi connectivity index (χ4n) is 0. The predicted molar refractivity (Wildman–Crippen MR) is 22.7 cm³/mol. The summed E-state index contributed by atoms with van der Waals surface area (Å²) in [5, 5.41) is 13.9. The first-order chi connectivity index (χ1) is 3.46. The van der Waals surface area contributed by atoms with Crippen molar-refractivity contribution in [1.29, 1.82) is 0 Å². The monoisotopic (exact) mass is 143 g/mol. The highest BCUT2D eigenvalue weighted by Gasteiger charge is 1.93. The Morgan fingerprint density at radius 3 is 1.25 bits per heavy atom. The van der Waals surface area contributed by atoms with Gasteiger partial charge in [-0.25, -0.2) is 4.79 Å². The van der Waals surface area contributed by atoms with Gasteiger partial charge in [-0.15, -0.1) is 9.79 Å². The summed E-state index contributed by atoms with van der Waals surface area (Å²) in [7, 11) is -2.87. The summed E-state index contributed by atoms with van der Waals surface area (Å²) in [6, 6.07) is 0. The number of hydrogen-bond acceptors (Lipinski definition) is 2. The van der Waals surface area contributed by atoms with Gasteiger partial charge in [0.15, 0.2) is 0 Å². The molecule has 0 aromatic carbocycles. The molecule has 0 unspecified atom stereocenters. The van der Waals surface area contributed by atoms with Gasteiger partial charge in [0, 0.05) is 4.57 Å². The number of carbonyl (C=O) groups is 1. The van der Waals surface area contributed by atoms with Crippen molar-refractivity contribution in [2.45, 2.75) is 0 Å². The maximum atomic E-state index is 8.70. The minimum Gasteiger partial charge on any atom is -0.450 e.